The highest BCUT2D eigenvalue weighted by Crippen LogP contribution is 2.63. The van der Waals surface area contributed by atoms with Crippen molar-refractivity contribution in [3.8, 4) is 5.75 Å². The SMILES string of the molecule is CC(C)OC(=O)[C@H]1C[C@H](O)[C@@]2(C)CCC3c4ccc(O)cc4CCC3C12. The maximum atomic E-state index is 12.8. The predicted octanol–water partition coefficient (Wildman–Crippen LogP) is 3.79. The summed E-state index contributed by atoms with van der Waals surface area (Å²) in [5.74, 6) is 0.973. The Morgan fingerprint density at radius 2 is 2.08 bits per heavy atom. The lowest BCUT2D eigenvalue weighted by atomic mass is 9.54. The van der Waals surface area contributed by atoms with Gasteiger partial charge in [0.15, 0.2) is 0 Å². The first-order chi connectivity index (χ1) is 12.3. The molecule has 0 bridgehead atoms. The van der Waals surface area contributed by atoms with Gasteiger partial charge in [0.1, 0.15) is 5.75 Å². The number of phenolic OH excluding ortho intramolecular Hbond substituents is 1. The highest BCUT2D eigenvalue weighted by molar-refractivity contribution is 5.74. The average Bonchev–Trinajstić information content (AvgIpc) is 2.85. The van der Waals surface area contributed by atoms with Crippen LogP contribution in [0.2, 0.25) is 0 Å². The molecule has 2 saturated carbocycles. The van der Waals surface area contributed by atoms with Crippen LogP contribution in [0.4, 0.5) is 0 Å². The summed E-state index contributed by atoms with van der Waals surface area (Å²) in [6.07, 6.45) is 3.89. The molecule has 0 radical (unpaired) electrons. The summed E-state index contributed by atoms with van der Waals surface area (Å²) in [5, 5.41) is 20.6. The van der Waals surface area contributed by atoms with Crippen molar-refractivity contribution in [1.82, 2.24) is 0 Å². The van der Waals surface area contributed by atoms with Crippen molar-refractivity contribution in [3.05, 3.63) is 29.3 Å². The minimum atomic E-state index is -0.431. The van der Waals surface area contributed by atoms with Gasteiger partial charge in [0, 0.05) is 0 Å². The number of esters is 1. The zero-order valence-electron chi connectivity index (χ0n) is 15.9. The van der Waals surface area contributed by atoms with Gasteiger partial charge in [-0.1, -0.05) is 13.0 Å². The minimum absolute atomic E-state index is 0.124. The van der Waals surface area contributed by atoms with Crippen LogP contribution in [0.3, 0.4) is 0 Å². The third-order valence-electron chi connectivity index (χ3n) is 7.33. The van der Waals surface area contributed by atoms with Crippen molar-refractivity contribution in [2.24, 2.45) is 23.2 Å². The molecule has 3 aliphatic carbocycles. The number of hydrogen-bond donors (Lipinski definition) is 2. The Labute approximate surface area is 155 Å². The van der Waals surface area contributed by atoms with Crippen LogP contribution >= 0.6 is 0 Å². The standard InChI is InChI=1S/C22H30O4/c1-12(2)26-21(25)18-11-19(24)22(3)9-8-16-15-7-5-14(23)10-13(15)4-6-17(16)20(18)22/h5,7,10,12,16-20,23-24H,4,6,8-9,11H2,1-3H3/t16?,17?,18-,19-,20?,22+/m0/s1. The first-order valence-corrected chi connectivity index (χ1v) is 10.0. The van der Waals surface area contributed by atoms with Gasteiger partial charge in [0.05, 0.1) is 18.1 Å². The molecule has 3 aliphatic rings. The molecule has 142 valence electrons. The number of ether oxygens (including phenoxy) is 1. The Hall–Kier alpha value is -1.55. The minimum Gasteiger partial charge on any atom is -0.508 e. The fourth-order valence-electron chi connectivity index (χ4n) is 6.21. The second-order valence-electron chi connectivity index (χ2n) is 9.11. The van der Waals surface area contributed by atoms with Crippen LogP contribution in [0.25, 0.3) is 0 Å². The van der Waals surface area contributed by atoms with Crippen LogP contribution in [-0.2, 0) is 16.0 Å². The summed E-state index contributed by atoms with van der Waals surface area (Å²) in [5.41, 5.74) is 2.38. The van der Waals surface area contributed by atoms with E-state index in [0.717, 1.165) is 25.7 Å². The van der Waals surface area contributed by atoms with Crippen LogP contribution in [-0.4, -0.2) is 28.4 Å². The normalized spacial score (nSPS) is 38.4. The van der Waals surface area contributed by atoms with E-state index in [1.807, 2.05) is 19.9 Å². The average molecular weight is 358 g/mol. The molecule has 3 unspecified atom stereocenters. The van der Waals surface area contributed by atoms with Gasteiger partial charge in [0.2, 0.25) is 0 Å². The van der Waals surface area contributed by atoms with Gasteiger partial charge in [0.25, 0.3) is 0 Å². The third kappa shape index (κ3) is 2.65. The molecule has 0 saturated heterocycles. The van der Waals surface area contributed by atoms with Gasteiger partial charge in [-0.3, -0.25) is 4.79 Å². The van der Waals surface area contributed by atoms with E-state index in [1.165, 1.54) is 11.1 Å². The van der Waals surface area contributed by atoms with E-state index in [2.05, 4.69) is 13.0 Å². The van der Waals surface area contributed by atoms with Crippen molar-refractivity contribution in [3.63, 3.8) is 0 Å². The Bertz CT molecular complexity index is 712. The number of hydrogen-bond acceptors (Lipinski definition) is 4. The molecule has 6 atom stereocenters. The largest absolute Gasteiger partial charge is 0.508 e. The first-order valence-electron chi connectivity index (χ1n) is 10.0. The molecule has 0 spiro atoms. The summed E-state index contributed by atoms with van der Waals surface area (Å²) in [4.78, 5) is 12.8. The van der Waals surface area contributed by atoms with E-state index in [9.17, 15) is 15.0 Å². The summed E-state index contributed by atoms with van der Waals surface area (Å²) >= 11 is 0. The number of benzene rings is 1. The number of phenols is 1. The van der Waals surface area contributed by atoms with Gasteiger partial charge in [-0.15, -0.1) is 0 Å². The summed E-state index contributed by atoms with van der Waals surface area (Å²) in [7, 11) is 0. The van der Waals surface area contributed by atoms with Crippen molar-refractivity contribution in [2.45, 2.75) is 71.0 Å². The van der Waals surface area contributed by atoms with Crippen LogP contribution in [0, 0.1) is 23.2 Å². The molecule has 0 aromatic heterocycles. The quantitative estimate of drug-likeness (QED) is 0.790. The number of aryl methyl sites for hydroxylation is 1. The Morgan fingerprint density at radius 3 is 2.81 bits per heavy atom. The van der Waals surface area contributed by atoms with Crippen molar-refractivity contribution >= 4 is 5.97 Å². The lowest BCUT2D eigenvalue weighted by Crippen LogP contribution is -2.46. The second-order valence-corrected chi connectivity index (χ2v) is 9.11. The Balaban J connectivity index is 1.69. The molecule has 26 heavy (non-hydrogen) atoms. The van der Waals surface area contributed by atoms with Gasteiger partial charge in [-0.2, -0.15) is 0 Å². The fourth-order valence-corrected chi connectivity index (χ4v) is 6.21. The highest BCUT2D eigenvalue weighted by atomic mass is 16.5. The van der Waals surface area contributed by atoms with E-state index in [1.54, 1.807) is 6.07 Å². The topological polar surface area (TPSA) is 66.8 Å². The van der Waals surface area contributed by atoms with E-state index in [-0.39, 0.29) is 29.3 Å². The highest BCUT2D eigenvalue weighted by Gasteiger charge is 2.60. The van der Waals surface area contributed by atoms with Crippen molar-refractivity contribution in [2.75, 3.05) is 0 Å². The molecule has 0 amide bonds. The molecule has 1 aromatic rings. The van der Waals surface area contributed by atoms with Crippen LogP contribution in [0.15, 0.2) is 18.2 Å². The van der Waals surface area contributed by atoms with Gasteiger partial charge in [-0.05, 0) is 92.4 Å². The lowest BCUT2D eigenvalue weighted by molar-refractivity contribution is -0.156. The number of carbonyl (C=O) groups is 1. The van der Waals surface area contributed by atoms with Crippen LogP contribution in [0.1, 0.15) is 63.5 Å². The lowest BCUT2D eigenvalue weighted by Gasteiger charge is -2.51. The van der Waals surface area contributed by atoms with Gasteiger partial charge < -0.3 is 14.9 Å². The number of aromatic hydroxyl groups is 1. The van der Waals surface area contributed by atoms with E-state index >= 15 is 0 Å². The van der Waals surface area contributed by atoms with E-state index in [0.29, 0.717) is 24.0 Å². The zero-order valence-corrected chi connectivity index (χ0v) is 15.9. The molecule has 2 fully saturated rings. The molecular weight excluding hydrogens is 328 g/mol. The molecule has 4 heteroatoms. The number of fused-ring (bicyclic) bond motifs is 5. The van der Waals surface area contributed by atoms with Crippen molar-refractivity contribution < 1.29 is 19.7 Å². The van der Waals surface area contributed by atoms with Gasteiger partial charge in [-0.25, -0.2) is 0 Å². The van der Waals surface area contributed by atoms with Crippen LogP contribution in [0.5, 0.6) is 5.75 Å². The zero-order chi connectivity index (χ0) is 18.6. The van der Waals surface area contributed by atoms with E-state index < -0.39 is 6.10 Å². The fraction of sp³-hybridized carbons (Fsp3) is 0.682. The molecule has 0 aliphatic heterocycles. The Morgan fingerprint density at radius 1 is 1.31 bits per heavy atom. The molecule has 0 heterocycles. The Kier molecular flexibility index (Phi) is 4.30. The molecular formula is C22H30O4. The summed E-state index contributed by atoms with van der Waals surface area (Å²) in [6, 6.07) is 5.74. The van der Waals surface area contributed by atoms with Gasteiger partial charge >= 0.3 is 5.97 Å². The maximum Gasteiger partial charge on any atom is 0.309 e. The maximum absolute atomic E-state index is 12.8. The number of aliphatic hydroxyl groups excluding tert-OH is 1. The van der Waals surface area contributed by atoms with Crippen LogP contribution < -0.4 is 0 Å². The molecule has 1 aromatic carbocycles. The second kappa shape index (κ2) is 6.26. The first kappa shape index (κ1) is 17.8. The number of aliphatic hydroxyl groups is 1. The summed E-state index contributed by atoms with van der Waals surface area (Å²) < 4.78 is 5.56. The summed E-state index contributed by atoms with van der Waals surface area (Å²) in [6.45, 7) is 5.94. The molecule has 4 nitrogen and oxygen atoms in total. The smallest absolute Gasteiger partial charge is 0.309 e. The monoisotopic (exact) mass is 358 g/mol. The number of carbonyl (C=O) groups excluding carboxylic acids is 1. The van der Waals surface area contributed by atoms with E-state index in [4.69, 9.17) is 4.74 Å². The molecule has 4 rings (SSSR count). The van der Waals surface area contributed by atoms with Crippen molar-refractivity contribution in [1.29, 1.82) is 0 Å². The number of rotatable bonds is 2. The third-order valence-corrected chi connectivity index (χ3v) is 7.33. The predicted molar refractivity (Wildman–Crippen MR) is 98.8 cm³/mol. The molecule has 2 N–H and O–H groups in total.